The van der Waals surface area contributed by atoms with E-state index in [1.807, 2.05) is 6.92 Å². The van der Waals surface area contributed by atoms with Crippen molar-refractivity contribution in [3.05, 3.63) is 30.1 Å². The first-order valence-electron chi connectivity index (χ1n) is 7.79. The molecule has 1 N–H and O–H groups in total. The van der Waals surface area contributed by atoms with E-state index in [4.69, 9.17) is 4.74 Å². The number of nitrogens with one attached hydrogen (secondary N) is 1. The number of anilines is 1. The first-order chi connectivity index (χ1) is 10.1. The maximum atomic E-state index is 13.0. The monoisotopic (exact) mass is 293 g/mol. The molecule has 1 unspecified atom stereocenters. The van der Waals surface area contributed by atoms with Crippen LogP contribution in [0.5, 0.6) is 0 Å². The number of carbonyl (C=O) groups is 1. The Labute approximate surface area is 125 Å². The van der Waals surface area contributed by atoms with E-state index in [0.717, 1.165) is 37.3 Å². The number of esters is 1. The van der Waals surface area contributed by atoms with Gasteiger partial charge in [-0.2, -0.15) is 0 Å². The number of benzene rings is 1. The molecule has 1 aliphatic rings. The summed E-state index contributed by atoms with van der Waals surface area (Å²) >= 11 is 0. The summed E-state index contributed by atoms with van der Waals surface area (Å²) in [7, 11) is 0. The van der Waals surface area contributed by atoms with Gasteiger partial charge in [0.2, 0.25) is 0 Å². The zero-order valence-corrected chi connectivity index (χ0v) is 12.8. The van der Waals surface area contributed by atoms with Crippen LogP contribution in [0.1, 0.15) is 39.5 Å². The number of rotatable bonds is 5. The van der Waals surface area contributed by atoms with Gasteiger partial charge in [0.1, 0.15) is 11.9 Å². The minimum absolute atomic E-state index is 0.207. The SMILES string of the molecule is CCOC(=O)C(Nc1ccc(F)cc1)C1CCC(C)CC1. The lowest BCUT2D eigenvalue weighted by atomic mass is 9.79. The second kappa shape index (κ2) is 7.43. The molecule has 0 aliphatic heterocycles. The first kappa shape index (κ1) is 15.8. The van der Waals surface area contributed by atoms with Gasteiger partial charge in [0.25, 0.3) is 0 Å². The number of carbonyl (C=O) groups excluding carboxylic acids is 1. The molecule has 0 amide bonds. The molecule has 0 bridgehead atoms. The highest BCUT2D eigenvalue weighted by Crippen LogP contribution is 2.32. The third-order valence-electron chi connectivity index (χ3n) is 4.24. The third-order valence-corrected chi connectivity index (χ3v) is 4.24. The van der Waals surface area contributed by atoms with Crippen LogP contribution in [0.3, 0.4) is 0 Å². The molecule has 1 saturated carbocycles. The molecular formula is C17H24FNO2. The Morgan fingerprint density at radius 1 is 1.29 bits per heavy atom. The van der Waals surface area contributed by atoms with Crippen LogP contribution in [-0.4, -0.2) is 18.6 Å². The van der Waals surface area contributed by atoms with Crippen molar-refractivity contribution in [1.29, 1.82) is 0 Å². The van der Waals surface area contributed by atoms with E-state index in [-0.39, 0.29) is 23.7 Å². The van der Waals surface area contributed by atoms with E-state index in [1.54, 1.807) is 12.1 Å². The van der Waals surface area contributed by atoms with E-state index >= 15 is 0 Å². The molecule has 1 aromatic carbocycles. The maximum absolute atomic E-state index is 13.0. The molecule has 4 heteroatoms. The number of hydrogen-bond acceptors (Lipinski definition) is 3. The fraction of sp³-hybridized carbons (Fsp3) is 0.588. The first-order valence-corrected chi connectivity index (χ1v) is 7.79. The Morgan fingerprint density at radius 3 is 2.48 bits per heavy atom. The summed E-state index contributed by atoms with van der Waals surface area (Å²) in [4.78, 5) is 12.2. The summed E-state index contributed by atoms with van der Waals surface area (Å²) in [5, 5.41) is 3.23. The third kappa shape index (κ3) is 4.45. The number of halogens is 1. The van der Waals surface area contributed by atoms with Crippen LogP contribution in [0.25, 0.3) is 0 Å². The molecule has 0 heterocycles. The topological polar surface area (TPSA) is 38.3 Å². The molecule has 0 saturated heterocycles. The molecule has 2 rings (SSSR count). The van der Waals surface area contributed by atoms with Gasteiger partial charge in [-0.3, -0.25) is 0 Å². The fourth-order valence-electron chi connectivity index (χ4n) is 2.95. The molecule has 0 aromatic heterocycles. The lowest BCUT2D eigenvalue weighted by molar-refractivity contribution is -0.145. The number of hydrogen-bond donors (Lipinski definition) is 1. The largest absolute Gasteiger partial charge is 0.464 e. The lowest BCUT2D eigenvalue weighted by Crippen LogP contribution is -2.40. The van der Waals surface area contributed by atoms with Gasteiger partial charge in [0.05, 0.1) is 6.61 Å². The molecule has 0 spiro atoms. The average Bonchev–Trinajstić information content (AvgIpc) is 2.48. The highest BCUT2D eigenvalue weighted by molar-refractivity contribution is 5.79. The maximum Gasteiger partial charge on any atom is 0.328 e. The minimum Gasteiger partial charge on any atom is -0.464 e. The van der Waals surface area contributed by atoms with Crippen molar-refractivity contribution in [1.82, 2.24) is 0 Å². The van der Waals surface area contributed by atoms with Gasteiger partial charge in [-0.15, -0.1) is 0 Å². The summed E-state index contributed by atoms with van der Waals surface area (Å²) in [5.74, 6) is 0.529. The van der Waals surface area contributed by atoms with Gasteiger partial charge < -0.3 is 10.1 Å². The van der Waals surface area contributed by atoms with Crippen LogP contribution in [0.4, 0.5) is 10.1 Å². The van der Waals surface area contributed by atoms with Gasteiger partial charge in [-0.1, -0.05) is 19.8 Å². The van der Waals surface area contributed by atoms with Crippen molar-refractivity contribution in [3.8, 4) is 0 Å². The molecule has 1 atom stereocenters. The Bertz CT molecular complexity index is 452. The van der Waals surface area contributed by atoms with Crippen molar-refractivity contribution >= 4 is 11.7 Å². The van der Waals surface area contributed by atoms with Gasteiger partial charge in [-0.25, -0.2) is 9.18 Å². The highest BCUT2D eigenvalue weighted by Gasteiger charge is 2.32. The standard InChI is InChI=1S/C17H24FNO2/c1-3-21-17(20)16(13-6-4-12(2)5-7-13)19-15-10-8-14(18)9-11-15/h8-13,16,19H,3-7H2,1-2H3. The molecule has 1 aliphatic carbocycles. The normalized spacial score (nSPS) is 23.4. The summed E-state index contributed by atoms with van der Waals surface area (Å²) in [6.07, 6.45) is 4.34. The average molecular weight is 293 g/mol. The van der Waals surface area contributed by atoms with Crippen LogP contribution in [-0.2, 0) is 9.53 Å². The van der Waals surface area contributed by atoms with Crippen LogP contribution in [0.15, 0.2) is 24.3 Å². The van der Waals surface area contributed by atoms with E-state index < -0.39 is 0 Å². The quantitative estimate of drug-likeness (QED) is 0.834. The molecule has 3 nitrogen and oxygen atoms in total. The van der Waals surface area contributed by atoms with Crippen LogP contribution < -0.4 is 5.32 Å². The van der Waals surface area contributed by atoms with Crippen molar-refractivity contribution < 1.29 is 13.9 Å². The second-order valence-corrected chi connectivity index (χ2v) is 5.90. The summed E-state index contributed by atoms with van der Waals surface area (Å²) in [6.45, 7) is 4.45. The van der Waals surface area contributed by atoms with Crippen molar-refractivity contribution in [2.24, 2.45) is 11.8 Å². The van der Waals surface area contributed by atoms with E-state index in [0.29, 0.717) is 6.61 Å². The summed E-state index contributed by atoms with van der Waals surface area (Å²) in [5.41, 5.74) is 0.757. The summed E-state index contributed by atoms with van der Waals surface area (Å²) in [6, 6.07) is 5.77. The van der Waals surface area contributed by atoms with E-state index in [1.165, 1.54) is 12.1 Å². The smallest absolute Gasteiger partial charge is 0.328 e. The van der Waals surface area contributed by atoms with Crippen molar-refractivity contribution in [2.45, 2.75) is 45.6 Å². The Balaban J connectivity index is 2.08. The Hall–Kier alpha value is -1.58. The van der Waals surface area contributed by atoms with Crippen molar-refractivity contribution in [3.63, 3.8) is 0 Å². The molecule has 1 fully saturated rings. The summed E-state index contributed by atoms with van der Waals surface area (Å²) < 4.78 is 18.2. The number of ether oxygens (including phenoxy) is 1. The fourth-order valence-corrected chi connectivity index (χ4v) is 2.95. The zero-order valence-electron chi connectivity index (χ0n) is 12.8. The van der Waals surface area contributed by atoms with Crippen LogP contribution in [0.2, 0.25) is 0 Å². The van der Waals surface area contributed by atoms with E-state index in [2.05, 4.69) is 12.2 Å². The van der Waals surface area contributed by atoms with Gasteiger partial charge >= 0.3 is 5.97 Å². The predicted molar refractivity (Wildman–Crippen MR) is 81.6 cm³/mol. The molecule has 0 radical (unpaired) electrons. The second-order valence-electron chi connectivity index (χ2n) is 5.90. The van der Waals surface area contributed by atoms with E-state index in [9.17, 15) is 9.18 Å². The Kier molecular flexibility index (Phi) is 5.59. The van der Waals surface area contributed by atoms with Gasteiger partial charge in [-0.05, 0) is 55.9 Å². The van der Waals surface area contributed by atoms with Crippen LogP contribution >= 0.6 is 0 Å². The molecular weight excluding hydrogens is 269 g/mol. The zero-order chi connectivity index (χ0) is 15.2. The van der Waals surface area contributed by atoms with Crippen molar-refractivity contribution in [2.75, 3.05) is 11.9 Å². The van der Waals surface area contributed by atoms with Gasteiger partial charge in [0.15, 0.2) is 0 Å². The predicted octanol–water partition coefficient (Wildman–Crippen LogP) is 4.00. The lowest BCUT2D eigenvalue weighted by Gasteiger charge is -2.32. The Morgan fingerprint density at radius 2 is 1.90 bits per heavy atom. The van der Waals surface area contributed by atoms with Crippen LogP contribution in [0, 0.1) is 17.7 Å². The molecule has 21 heavy (non-hydrogen) atoms. The molecule has 1 aromatic rings. The highest BCUT2D eigenvalue weighted by atomic mass is 19.1. The van der Waals surface area contributed by atoms with Gasteiger partial charge in [0, 0.05) is 5.69 Å². The molecule has 116 valence electrons. The minimum atomic E-state index is -0.345.